The molecular weight excluding hydrogens is 330 g/mol. The Bertz CT molecular complexity index is 864. The lowest BCUT2D eigenvalue weighted by Gasteiger charge is -2.33. The highest BCUT2D eigenvalue weighted by Gasteiger charge is 2.25. The molecule has 1 aromatic carbocycles. The summed E-state index contributed by atoms with van der Waals surface area (Å²) in [5.74, 6) is 0.860. The highest BCUT2D eigenvalue weighted by molar-refractivity contribution is 5.90. The second-order valence-corrected chi connectivity index (χ2v) is 6.40. The van der Waals surface area contributed by atoms with Crippen LogP contribution in [0.2, 0.25) is 0 Å². The third kappa shape index (κ3) is 3.36. The number of carbonyl (C=O) groups is 1. The molecule has 3 aromatic rings. The molecule has 0 radical (unpaired) electrons. The molecule has 2 aromatic heterocycles. The second-order valence-electron chi connectivity index (χ2n) is 6.40. The number of nitrogens with one attached hydrogen (secondary N) is 1. The molecule has 0 saturated carbocycles. The predicted octanol–water partition coefficient (Wildman–Crippen LogP) is 1.26. The molecule has 4 rings (SSSR count). The number of rotatable bonds is 4. The number of amides is 1. The van der Waals surface area contributed by atoms with Crippen LogP contribution >= 0.6 is 0 Å². The first-order valence-electron chi connectivity index (χ1n) is 8.69. The number of para-hydroxylation sites is 1. The lowest BCUT2D eigenvalue weighted by Crippen LogP contribution is -2.48. The predicted molar refractivity (Wildman–Crippen MR) is 95.9 cm³/mol. The van der Waals surface area contributed by atoms with Gasteiger partial charge < -0.3 is 4.90 Å². The van der Waals surface area contributed by atoms with Gasteiger partial charge in [-0.1, -0.05) is 18.2 Å². The SMILES string of the molecule is Cc1nc(C(=O)N2CCN(Cc3cn[nH]c3)CC2)nn1-c1ccccc1. The quantitative estimate of drug-likeness (QED) is 0.765. The van der Waals surface area contributed by atoms with Crippen molar-refractivity contribution in [1.82, 2.24) is 34.8 Å². The Morgan fingerprint density at radius 3 is 2.62 bits per heavy atom. The average Bonchev–Trinajstić information content (AvgIpc) is 3.32. The molecule has 8 heteroatoms. The fourth-order valence-corrected chi connectivity index (χ4v) is 3.17. The molecule has 0 aliphatic carbocycles. The summed E-state index contributed by atoms with van der Waals surface area (Å²) < 4.78 is 1.71. The number of aromatic amines is 1. The van der Waals surface area contributed by atoms with Gasteiger partial charge >= 0.3 is 0 Å². The molecular formula is C18H21N7O. The summed E-state index contributed by atoms with van der Waals surface area (Å²) >= 11 is 0. The molecule has 0 spiro atoms. The Hall–Kier alpha value is -3.00. The van der Waals surface area contributed by atoms with Gasteiger partial charge in [0.2, 0.25) is 5.82 Å². The Labute approximate surface area is 151 Å². The van der Waals surface area contributed by atoms with E-state index in [1.54, 1.807) is 4.68 Å². The first-order chi connectivity index (χ1) is 12.7. The van der Waals surface area contributed by atoms with E-state index in [4.69, 9.17) is 0 Å². The monoisotopic (exact) mass is 351 g/mol. The molecule has 1 fully saturated rings. The van der Waals surface area contributed by atoms with Crippen LogP contribution < -0.4 is 0 Å². The molecule has 3 heterocycles. The van der Waals surface area contributed by atoms with Gasteiger partial charge in [-0.3, -0.25) is 14.8 Å². The van der Waals surface area contributed by atoms with E-state index in [2.05, 4.69) is 25.2 Å². The van der Waals surface area contributed by atoms with Crippen molar-refractivity contribution in [3.63, 3.8) is 0 Å². The van der Waals surface area contributed by atoms with Gasteiger partial charge in [0.1, 0.15) is 5.82 Å². The molecule has 26 heavy (non-hydrogen) atoms. The van der Waals surface area contributed by atoms with Gasteiger partial charge in [0.15, 0.2) is 0 Å². The number of hydrogen-bond donors (Lipinski definition) is 1. The number of H-pyrrole nitrogens is 1. The third-order valence-corrected chi connectivity index (χ3v) is 4.58. The maximum atomic E-state index is 12.8. The number of piperazine rings is 1. The van der Waals surface area contributed by atoms with Crippen molar-refractivity contribution in [1.29, 1.82) is 0 Å². The van der Waals surface area contributed by atoms with E-state index in [1.807, 2.05) is 54.5 Å². The first kappa shape index (κ1) is 16.5. The van der Waals surface area contributed by atoms with Crippen LogP contribution in [-0.2, 0) is 6.54 Å². The van der Waals surface area contributed by atoms with Crippen molar-refractivity contribution in [2.24, 2.45) is 0 Å². The van der Waals surface area contributed by atoms with Crippen molar-refractivity contribution in [2.45, 2.75) is 13.5 Å². The van der Waals surface area contributed by atoms with E-state index in [0.29, 0.717) is 18.9 Å². The maximum Gasteiger partial charge on any atom is 0.293 e. The zero-order chi connectivity index (χ0) is 17.9. The van der Waals surface area contributed by atoms with Gasteiger partial charge in [0.05, 0.1) is 11.9 Å². The molecule has 1 amide bonds. The minimum Gasteiger partial charge on any atom is -0.333 e. The Kier molecular flexibility index (Phi) is 4.49. The fourth-order valence-electron chi connectivity index (χ4n) is 3.17. The molecule has 1 aliphatic rings. The van der Waals surface area contributed by atoms with E-state index in [1.165, 1.54) is 0 Å². The van der Waals surface area contributed by atoms with Crippen molar-refractivity contribution in [2.75, 3.05) is 26.2 Å². The summed E-state index contributed by atoms with van der Waals surface area (Å²) in [7, 11) is 0. The van der Waals surface area contributed by atoms with Crippen molar-refractivity contribution in [3.05, 3.63) is 59.9 Å². The lowest BCUT2D eigenvalue weighted by atomic mass is 10.2. The summed E-state index contributed by atoms with van der Waals surface area (Å²) in [5, 5.41) is 11.2. The summed E-state index contributed by atoms with van der Waals surface area (Å²) in [4.78, 5) is 21.3. The third-order valence-electron chi connectivity index (χ3n) is 4.58. The fraction of sp³-hybridized carbons (Fsp3) is 0.333. The van der Waals surface area contributed by atoms with Crippen LogP contribution in [-0.4, -0.2) is 66.8 Å². The van der Waals surface area contributed by atoms with Crippen molar-refractivity contribution < 1.29 is 4.79 Å². The Balaban J connectivity index is 1.41. The highest BCUT2D eigenvalue weighted by Crippen LogP contribution is 2.12. The molecule has 0 bridgehead atoms. The standard InChI is InChI=1S/C18H21N7O/c1-14-21-17(22-25(14)16-5-3-2-4-6-16)18(26)24-9-7-23(8-10-24)13-15-11-19-20-12-15/h2-6,11-12H,7-10,13H2,1H3,(H,19,20). The number of benzene rings is 1. The van der Waals surface area contributed by atoms with Gasteiger partial charge in [0.25, 0.3) is 5.91 Å². The Morgan fingerprint density at radius 1 is 1.15 bits per heavy atom. The summed E-state index contributed by atoms with van der Waals surface area (Å²) in [5.41, 5.74) is 2.06. The van der Waals surface area contributed by atoms with Crippen LogP contribution in [0.1, 0.15) is 22.0 Å². The summed E-state index contributed by atoms with van der Waals surface area (Å²) in [6, 6.07) is 9.73. The van der Waals surface area contributed by atoms with Crippen LogP contribution in [0, 0.1) is 6.92 Å². The average molecular weight is 351 g/mol. The number of aromatic nitrogens is 5. The van der Waals surface area contributed by atoms with Crippen molar-refractivity contribution in [3.8, 4) is 5.69 Å². The second kappa shape index (κ2) is 7.09. The molecule has 0 unspecified atom stereocenters. The minimum atomic E-state index is -0.106. The van der Waals surface area contributed by atoms with E-state index in [9.17, 15) is 4.79 Å². The van der Waals surface area contributed by atoms with E-state index >= 15 is 0 Å². The molecule has 0 atom stereocenters. The van der Waals surface area contributed by atoms with Gasteiger partial charge in [-0.2, -0.15) is 5.10 Å². The molecule has 1 aliphatic heterocycles. The molecule has 8 nitrogen and oxygen atoms in total. The molecule has 1 N–H and O–H groups in total. The number of aryl methyl sites for hydroxylation is 1. The molecule has 134 valence electrons. The normalized spacial score (nSPS) is 15.3. The first-order valence-corrected chi connectivity index (χ1v) is 8.69. The van der Waals surface area contributed by atoms with Gasteiger partial charge in [-0.25, -0.2) is 9.67 Å². The van der Waals surface area contributed by atoms with E-state index in [0.717, 1.165) is 30.9 Å². The van der Waals surface area contributed by atoms with Gasteiger partial charge in [-0.05, 0) is 19.1 Å². The summed E-state index contributed by atoms with van der Waals surface area (Å²) in [6.07, 6.45) is 3.74. The zero-order valence-corrected chi connectivity index (χ0v) is 14.7. The van der Waals surface area contributed by atoms with Crippen LogP contribution in [0.5, 0.6) is 0 Å². The van der Waals surface area contributed by atoms with Crippen LogP contribution in [0.25, 0.3) is 5.69 Å². The highest BCUT2D eigenvalue weighted by atomic mass is 16.2. The smallest absolute Gasteiger partial charge is 0.293 e. The van der Waals surface area contributed by atoms with E-state index in [-0.39, 0.29) is 11.7 Å². The molecule has 1 saturated heterocycles. The maximum absolute atomic E-state index is 12.8. The largest absolute Gasteiger partial charge is 0.333 e. The van der Waals surface area contributed by atoms with Crippen LogP contribution in [0.15, 0.2) is 42.7 Å². The minimum absolute atomic E-state index is 0.106. The number of nitrogens with zero attached hydrogens (tertiary/aromatic N) is 6. The summed E-state index contributed by atoms with van der Waals surface area (Å²) in [6.45, 7) is 5.72. The van der Waals surface area contributed by atoms with Crippen LogP contribution in [0.3, 0.4) is 0 Å². The van der Waals surface area contributed by atoms with Crippen LogP contribution in [0.4, 0.5) is 0 Å². The zero-order valence-electron chi connectivity index (χ0n) is 14.7. The topological polar surface area (TPSA) is 82.9 Å². The lowest BCUT2D eigenvalue weighted by molar-refractivity contribution is 0.0616. The van der Waals surface area contributed by atoms with Crippen molar-refractivity contribution >= 4 is 5.91 Å². The van der Waals surface area contributed by atoms with Gasteiger partial charge in [-0.15, -0.1) is 5.10 Å². The van der Waals surface area contributed by atoms with E-state index < -0.39 is 0 Å². The van der Waals surface area contributed by atoms with Gasteiger partial charge in [0, 0.05) is 44.5 Å². The Morgan fingerprint density at radius 2 is 1.92 bits per heavy atom. The number of hydrogen-bond acceptors (Lipinski definition) is 5. The number of carbonyl (C=O) groups excluding carboxylic acids is 1.